The molecule has 0 spiro atoms. The number of likely N-dealkylation sites (tertiary alicyclic amines) is 1. The number of benzene rings is 1. The second-order valence-corrected chi connectivity index (χ2v) is 7.65. The number of hydrogen-bond acceptors (Lipinski definition) is 6. The minimum atomic E-state index is -0.552. The normalized spacial score (nSPS) is 19.1. The van der Waals surface area contributed by atoms with E-state index in [0.29, 0.717) is 19.0 Å². The molecule has 2 heterocycles. The Labute approximate surface area is 174 Å². The third-order valence-electron chi connectivity index (χ3n) is 5.20. The SMILES string of the molecule is N#CC(=CC1CC1)C(=O)N1CCCC(Nc2nc(Nc3ccccc3)ncc2F)C1. The molecule has 0 bridgehead atoms. The fourth-order valence-corrected chi connectivity index (χ4v) is 3.48. The minimum absolute atomic E-state index is 0.0942. The van der Waals surface area contributed by atoms with Gasteiger partial charge in [-0.3, -0.25) is 4.79 Å². The Balaban J connectivity index is 1.43. The molecule has 154 valence electrons. The second kappa shape index (κ2) is 8.91. The Morgan fingerprint density at radius 3 is 2.80 bits per heavy atom. The summed E-state index contributed by atoms with van der Waals surface area (Å²) in [4.78, 5) is 22.6. The van der Waals surface area contributed by atoms with Gasteiger partial charge in [-0.25, -0.2) is 9.37 Å². The summed E-state index contributed by atoms with van der Waals surface area (Å²) in [5, 5.41) is 15.5. The van der Waals surface area contributed by atoms with Gasteiger partial charge in [0.25, 0.3) is 5.91 Å². The molecule has 2 aromatic rings. The summed E-state index contributed by atoms with van der Waals surface area (Å²) >= 11 is 0. The predicted octanol–water partition coefficient (Wildman–Crippen LogP) is 3.62. The molecule has 30 heavy (non-hydrogen) atoms. The Morgan fingerprint density at radius 2 is 2.07 bits per heavy atom. The number of hydrogen-bond donors (Lipinski definition) is 2. The summed E-state index contributed by atoms with van der Waals surface area (Å²) in [5.74, 6) is -0.0633. The molecule has 1 saturated carbocycles. The van der Waals surface area contributed by atoms with Crippen LogP contribution in [0.25, 0.3) is 0 Å². The summed E-state index contributed by atoms with van der Waals surface area (Å²) < 4.78 is 14.3. The number of nitrogens with zero attached hydrogens (tertiary/aromatic N) is 4. The number of anilines is 3. The van der Waals surface area contributed by atoms with Crippen LogP contribution in [-0.4, -0.2) is 39.9 Å². The molecule has 1 aliphatic carbocycles. The number of nitriles is 1. The smallest absolute Gasteiger partial charge is 0.264 e. The van der Waals surface area contributed by atoms with Gasteiger partial charge in [-0.15, -0.1) is 0 Å². The quantitative estimate of drug-likeness (QED) is 0.562. The van der Waals surface area contributed by atoms with Crippen molar-refractivity contribution in [1.82, 2.24) is 14.9 Å². The largest absolute Gasteiger partial charge is 0.363 e. The molecular formula is C22H23FN6O. The van der Waals surface area contributed by atoms with Gasteiger partial charge in [0, 0.05) is 24.8 Å². The van der Waals surface area contributed by atoms with E-state index >= 15 is 0 Å². The monoisotopic (exact) mass is 406 g/mol. The fourth-order valence-electron chi connectivity index (χ4n) is 3.48. The van der Waals surface area contributed by atoms with E-state index in [0.717, 1.165) is 37.6 Å². The lowest BCUT2D eigenvalue weighted by Crippen LogP contribution is -2.45. The zero-order valence-corrected chi connectivity index (χ0v) is 16.5. The molecule has 1 aromatic carbocycles. The molecule has 0 radical (unpaired) electrons. The first-order valence-electron chi connectivity index (χ1n) is 10.1. The molecular weight excluding hydrogens is 383 g/mol. The highest BCUT2D eigenvalue weighted by Crippen LogP contribution is 2.31. The van der Waals surface area contributed by atoms with E-state index in [1.54, 1.807) is 11.0 Å². The van der Waals surface area contributed by atoms with Crippen molar-refractivity contribution >= 4 is 23.4 Å². The maximum absolute atomic E-state index is 14.3. The van der Waals surface area contributed by atoms with Crippen LogP contribution in [0.1, 0.15) is 25.7 Å². The van der Waals surface area contributed by atoms with Gasteiger partial charge in [0.05, 0.1) is 6.20 Å². The van der Waals surface area contributed by atoms with Gasteiger partial charge in [0.2, 0.25) is 5.95 Å². The van der Waals surface area contributed by atoms with Crippen LogP contribution in [-0.2, 0) is 4.79 Å². The zero-order valence-electron chi connectivity index (χ0n) is 16.5. The average molecular weight is 406 g/mol. The Bertz CT molecular complexity index is 983. The van der Waals surface area contributed by atoms with Crippen LogP contribution in [0.15, 0.2) is 48.2 Å². The number of piperidine rings is 1. The minimum Gasteiger partial charge on any atom is -0.363 e. The highest BCUT2D eigenvalue weighted by atomic mass is 19.1. The molecule has 4 rings (SSSR count). The first-order chi connectivity index (χ1) is 14.6. The summed E-state index contributed by atoms with van der Waals surface area (Å²) in [6.45, 7) is 0.987. The van der Waals surface area contributed by atoms with Gasteiger partial charge in [-0.05, 0) is 43.7 Å². The molecule has 8 heteroatoms. The standard InChI is InChI=1S/C22H23FN6O/c23-19-13-25-22(27-17-5-2-1-3-6-17)28-20(19)26-18-7-4-10-29(14-18)21(30)16(12-24)11-15-8-9-15/h1-3,5-6,11,13,15,18H,4,7-10,14H2,(H2,25,26,27,28). The number of rotatable bonds is 6. The van der Waals surface area contributed by atoms with Crippen molar-refractivity contribution in [2.75, 3.05) is 23.7 Å². The average Bonchev–Trinajstić information content (AvgIpc) is 3.59. The number of allylic oxidation sites excluding steroid dienone is 1. The number of nitrogens with one attached hydrogen (secondary N) is 2. The molecule has 2 N–H and O–H groups in total. The van der Waals surface area contributed by atoms with Crippen molar-refractivity contribution in [3.63, 3.8) is 0 Å². The maximum Gasteiger partial charge on any atom is 0.264 e. The van der Waals surface area contributed by atoms with Crippen LogP contribution in [0.4, 0.5) is 21.8 Å². The van der Waals surface area contributed by atoms with Crippen LogP contribution in [0.2, 0.25) is 0 Å². The molecule has 1 aromatic heterocycles. The number of carbonyl (C=O) groups excluding carboxylic acids is 1. The van der Waals surface area contributed by atoms with Gasteiger partial charge in [0.15, 0.2) is 11.6 Å². The van der Waals surface area contributed by atoms with E-state index < -0.39 is 5.82 Å². The van der Waals surface area contributed by atoms with E-state index in [9.17, 15) is 14.4 Å². The summed E-state index contributed by atoms with van der Waals surface area (Å²) in [6, 6.07) is 11.3. The molecule has 1 atom stereocenters. The predicted molar refractivity (Wildman–Crippen MR) is 111 cm³/mol. The lowest BCUT2D eigenvalue weighted by molar-refractivity contribution is -0.127. The van der Waals surface area contributed by atoms with Crippen LogP contribution >= 0.6 is 0 Å². The first kappa shape index (κ1) is 19.8. The van der Waals surface area contributed by atoms with Crippen LogP contribution in [0.5, 0.6) is 0 Å². The van der Waals surface area contributed by atoms with Crippen molar-refractivity contribution in [1.29, 1.82) is 5.26 Å². The lowest BCUT2D eigenvalue weighted by atomic mass is 10.0. The highest BCUT2D eigenvalue weighted by molar-refractivity contribution is 5.97. The highest BCUT2D eigenvalue weighted by Gasteiger charge is 2.28. The van der Waals surface area contributed by atoms with Crippen molar-refractivity contribution in [3.8, 4) is 6.07 Å². The van der Waals surface area contributed by atoms with E-state index in [1.165, 1.54) is 0 Å². The zero-order chi connectivity index (χ0) is 20.9. The molecule has 7 nitrogen and oxygen atoms in total. The third-order valence-corrected chi connectivity index (χ3v) is 5.20. The van der Waals surface area contributed by atoms with Gasteiger partial charge in [0.1, 0.15) is 11.6 Å². The number of halogens is 1. The van der Waals surface area contributed by atoms with Crippen molar-refractivity contribution in [2.45, 2.75) is 31.7 Å². The maximum atomic E-state index is 14.3. The van der Waals surface area contributed by atoms with E-state index in [4.69, 9.17) is 0 Å². The molecule has 2 fully saturated rings. The van der Waals surface area contributed by atoms with Crippen LogP contribution in [0.3, 0.4) is 0 Å². The summed E-state index contributed by atoms with van der Waals surface area (Å²) in [7, 11) is 0. The number of carbonyl (C=O) groups is 1. The van der Waals surface area contributed by atoms with E-state index in [-0.39, 0.29) is 29.3 Å². The van der Waals surface area contributed by atoms with Crippen molar-refractivity contribution in [2.24, 2.45) is 5.92 Å². The summed E-state index contributed by atoms with van der Waals surface area (Å²) in [5.41, 5.74) is 1.01. The molecule has 1 saturated heterocycles. The Kier molecular flexibility index (Phi) is 5.89. The number of para-hydroxylation sites is 1. The fraction of sp³-hybridized carbons (Fsp3) is 0.364. The van der Waals surface area contributed by atoms with Crippen molar-refractivity contribution < 1.29 is 9.18 Å². The first-order valence-corrected chi connectivity index (χ1v) is 10.1. The number of amides is 1. The third kappa shape index (κ3) is 4.92. The topological polar surface area (TPSA) is 93.9 Å². The summed E-state index contributed by atoms with van der Waals surface area (Å²) in [6.07, 6.45) is 6.53. The second-order valence-electron chi connectivity index (χ2n) is 7.65. The molecule has 2 aliphatic rings. The van der Waals surface area contributed by atoms with Crippen LogP contribution < -0.4 is 10.6 Å². The molecule has 1 aliphatic heterocycles. The molecule has 1 amide bonds. The van der Waals surface area contributed by atoms with Crippen LogP contribution in [0, 0.1) is 23.1 Å². The van der Waals surface area contributed by atoms with Gasteiger partial charge in [-0.1, -0.05) is 24.3 Å². The van der Waals surface area contributed by atoms with Gasteiger partial charge >= 0.3 is 0 Å². The lowest BCUT2D eigenvalue weighted by Gasteiger charge is -2.33. The van der Waals surface area contributed by atoms with Crippen molar-refractivity contribution in [3.05, 3.63) is 54.0 Å². The van der Waals surface area contributed by atoms with E-state index in [2.05, 4.69) is 20.6 Å². The van der Waals surface area contributed by atoms with E-state index in [1.807, 2.05) is 36.4 Å². The number of aromatic nitrogens is 2. The van der Waals surface area contributed by atoms with Gasteiger partial charge in [-0.2, -0.15) is 10.2 Å². The Morgan fingerprint density at radius 1 is 1.27 bits per heavy atom. The molecule has 1 unspecified atom stereocenters. The van der Waals surface area contributed by atoms with Gasteiger partial charge < -0.3 is 15.5 Å². The Hall–Kier alpha value is -3.47.